The number of aryl methyl sites for hydroxylation is 1. The Kier molecular flexibility index (Phi) is 3.63. The number of anilines is 1. The number of nitrogens with one attached hydrogen (secondary N) is 1. The van der Waals surface area contributed by atoms with Gasteiger partial charge in [-0.2, -0.15) is 0 Å². The largest absolute Gasteiger partial charge is 0.508 e. The number of rotatable bonds is 3. The van der Waals surface area contributed by atoms with Gasteiger partial charge in [0.1, 0.15) is 5.75 Å². The predicted octanol–water partition coefficient (Wildman–Crippen LogP) is 2.88. The smallest absolute Gasteiger partial charge is 0.228 e. The van der Waals surface area contributed by atoms with Crippen LogP contribution in [0.5, 0.6) is 5.75 Å². The van der Waals surface area contributed by atoms with Gasteiger partial charge in [0.15, 0.2) is 0 Å². The summed E-state index contributed by atoms with van der Waals surface area (Å²) in [6, 6.07) is 14.3. The monoisotopic (exact) mass is 241 g/mol. The molecule has 18 heavy (non-hydrogen) atoms. The van der Waals surface area contributed by atoms with Crippen molar-refractivity contribution in [1.29, 1.82) is 0 Å². The van der Waals surface area contributed by atoms with Gasteiger partial charge in [-0.05, 0) is 30.2 Å². The van der Waals surface area contributed by atoms with E-state index in [1.54, 1.807) is 18.2 Å². The van der Waals surface area contributed by atoms with Gasteiger partial charge in [-0.25, -0.2) is 0 Å². The maximum atomic E-state index is 11.9. The molecule has 0 bridgehead atoms. The van der Waals surface area contributed by atoms with E-state index in [1.807, 2.05) is 31.2 Å². The van der Waals surface area contributed by atoms with E-state index in [2.05, 4.69) is 5.32 Å². The van der Waals surface area contributed by atoms with Crippen LogP contribution in [0.15, 0.2) is 48.5 Å². The summed E-state index contributed by atoms with van der Waals surface area (Å²) in [4.78, 5) is 11.9. The highest BCUT2D eigenvalue weighted by atomic mass is 16.3. The number of aromatic hydroxyl groups is 1. The van der Waals surface area contributed by atoms with Crippen molar-refractivity contribution in [3.05, 3.63) is 59.7 Å². The van der Waals surface area contributed by atoms with Gasteiger partial charge in [-0.15, -0.1) is 0 Å². The Balaban J connectivity index is 2.03. The van der Waals surface area contributed by atoms with Crippen molar-refractivity contribution in [3.8, 4) is 5.75 Å². The molecule has 3 nitrogen and oxygen atoms in total. The van der Waals surface area contributed by atoms with Crippen molar-refractivity contribution in [2.45, 2.75) is 13.3 Å². The Morgan fingerprint density at radius 3 is 2.67 bits per heavy atom. The van der Waals surface area contributed by atoms with E-state index in [0.29, 0.717) is 12.1 Å². The number of phenols is 1. The van der Waals surface area contributed by atoms with Gasteiger partial charge in [-0.3, -0.25) is 4.79 Å². The maximum Gasteiger partial charge on any atom is 0.228 e. The molecule has 2 rings (SSSR count). The van der Waals surface area contributed by atoms with Gasteiger partial charge >= 0.3 is 0 Å². The molecule has 0 aliphatic rings. The molecular formula is C15H15NO2. The van der Waals surface area contributed by atoms with Crippen molar-refractivity contribution < 1.29 is 9.90 Å². The first-order chi connectivity index (χ1) is 8.65. The van der Waals surface area contributed by atoms with Gasteiger partial charge in [0.2, 0.25) is 5.91 Å². The Hall–Kier alpha value is -2.29. The Labute approximate surface area is 106 Å². The molecule has 0 aromatic heterocycles. The van der Waals surface area contributed by atoms with Gasteiger partial charge in [-0.1, -0.05) is 30.3 Å². The zero-order chi connectivity index (χ0) is 13.0. The minimum absolute atomic E-state index is 0.0881. The van der Waals surface area contributed by atoms with Crippen LogP contribution in [0.4, 0.5) is 5.69 Å². The third-order valence-corrected chi connectivity index (χ3v) is 2.74. The van der Waals surface area contributed by atoms with Crippen molar-refractivity contribution >= 4 is 11.6 Å². The fourth-order valence-corrected chi connectivity index (χ4v) is 1.77. The highest BCUT2D eigenvalue weighted by molar-refractivity contribution is 5.92. The molecule has 2 aromatic carbocycles. The van der Waals surface area contributed by atoms with Crippen molar-refractivity contribution in [3.63, 3.8) is 0 Å². The maximum absolute atomic E-state index is 11.9. The summed E-state index contributed by atoms with van der Waals surface area (Å²) in [5.74, 6) is 0.0543. The van der Waals surface area contributed by atoms with Crippen LogP contribution >= 0.6 is 0 Å². The zero-order valence-corrected chi connectivity index (χ0v) is 10.2. The number of carbonyl (C=O) groups excluding carboxylic acids is 1. The summed E-state index contributed by atoms with van der Waals surface area (Å²) >= 11 is 0. The average Bonchev–Trinajstić information content (AvgIpc) is 2.32. The molecule has 0 spiro atoms. The van der Waals surface area contributed by atoms with Crippen LogP contribution in [0, 0.1) is 6.92 Å². The molecule has 0 fully saturated rings. The second-order valence-corrected chi connectivity index (χ2v) is 4.20. The molecule has 92 valence electrons. The third kappa shape index (κ3) is 3.10. The first kappa shape index (κ1) is 12.2. The second-order valence-electron chi connectivity index (χ2n) is 4.20. The first-order valence-electron chi connectivity index (χ1n) is 5.78. The summed E-state index contributed by atoms with van der Waals surface area (Å²) in [6.45, 7) is 1.98. The third-order valence-electron chi connectivity index (χ3n) is 2.74. The van der Waals surface area contributed by atoms with E-state index >= 15 is 0 Å². The molecular weight excluding hydrogens is 226 g/mol. The Bertz CT molecular complexity index is 564. The van der Waals surface area contributed by atoms with E-state index in [1.165, 1.54) is 6.07 Å². The fraction of sp³-hybridized carbons (Fsp3) is 0.133. The molecule has 2 N–H and O–H groups in total. The lowest BCUT2D eigenvalue weighted by molar-refractivity contribution is -0.115. The van der Waals surface area contributed by atoms with Crippen LogP contribution in [-0.2, 0) is 11.2 Å². The number of phenolic OH excluding ortho intramolecular Hbond substituents is 1. The zero-order valence-electron chi connectivity index (χ0n) is 10.2. The topological polar surface area (TPSA) is 49.3 Å². The predicted molar refractivity (Wildman–Crippen MR) is 71.6 cm³/mol. The first-order valence-corrected chi connectivity index (χ1v) is 5.78. The van der Waals surface area contributed by atoms with Crippen LogP contribution in [-0.4, -0.2) is 11.0 Å². The van der Waals surface area contributed by atoms with Crippen LogP contribution in [0.25, 0.3) is 0 Å². The van der Waals surface area contributed by atoms with E-state index in [4.69, 9.17) is 0 Å². The van der Waals surface area contributed by atoms with Crippen LogP contribution in [0.1, 0.15) is 11.1 Å². The second kappa shape index (κ2) is 5.36. The highest BCUT2D eigenvalue weighted by Gasteiger charge is 2.06. The van der Waals surface area contributed by atoms with Gasteiger partial charge in [0.25, 0.3) is 0 Å². The van der Waals surface area contributed by atoms with E-state index < -0.39 is 0 Å². The quantitative estimate of drug-likeness (QED) is 0.868. The lowest BCUT2D eigenvalue weighted by atomic mass is 10.1. The summed E-state index contributed by atoms with van der Waals surface area (Å²) in [7, 11) is 0. The molecule has 0 aliphatic carbocycles. The molecule has 0 heterocycles. The van der Waals surface area contributed by atoms with E-state index in [-0.39, 0.29) is 11.7 Å². The standard InChI is InChI=1S/C15H15NO2/c1-11-5-2-3-6-12(11)9-15(18)16-13-7-4-8-14(17)10-13/h2-8,10,17H,9H2,1H3,(H,16,18). The molecule has 0 saturated carbocycles. The van der Waals surface area contributed by atoms with Crippen LogP contribution < -0.4 is 5.32 Å². The number of carbonyl (C=O) groups is 1. The van der Waals surface area contributed by atoms with Gasteiger partial charge in [0, 0.05) is 11.8 Å². The normalized spacial score (nSPS) is 10.1. The molecule has 0 unspecified atom stereocenters. The molecule has 0 saturated heterocycles. The molecule has 1 amide bonds. The molecule has 0 atom stereocenters. The number of amides is 1. The molecule has 3 heteroatoms. The minimum atomic E-state index is -0.0881. The molecule has 0 aliphatic heterocycles. The Morgan fingerprint density at radius 1 is 1.17 bits per heavy atom. The summed E-state index contributed by atoms with van der Waals surface area (Å²) in [6.07, 6.45) is 0.336. The van der Waals surface area contributed by atoms with Gasteiger partial charge < -0.3 is 10.4 Å². The molecule has 2 aromatic rings. The fourth-order valence-electron chi connectivity index (χ4n) is 1.77. The van der Waals surface area contributed by atoms with Crippen molar-refractivity contribution in [1.82, 2.24) is 0 Å². The lowest BCUT2D eigenvalue weighted by Crippen LogP contribution is -2.14. The number of hydrogen-bond donors (Lipinski definition) is 2. The SMILES string of the molecule is Cc1ccccc1CC(=O)Nc1cccc(O)c1. The number of benzene rings is 2. The van der Waals surface area contributed by atoms with Crippen LogP contribution in [0.3, 0.4) is 0 Å². The lowest BCUT2D eigenvalue weighted by Gasteiger charge is -2.07. The number of hydrogen-bond acceptors (Lipinski definition) is 2. The van der Waals surface area contributed by atoms with Crippen molar-refractivity contribution in [2.24, 2.45) is 0 Å². The van der Waals surface area contributed by atoms with Crippen LogP contribution in [0.2, 0.25) is 0 Å². The summed E-state index contributed by atoms with van der Waals surface area (Å²) < 4.78 is 0. The van der Waals surface area contributed by atoms with E-state index in [0.717, 1.165) is 11.1 Å². The summed E-state index contributed by atoms with van der Waals surface area (Å²) in [5, 5.41) is 12.1. The average molecular weight is 241 g/mol. The van der Waals surface area contributed by atoms with E-state index in [9.17, 15) is 9.90 Å². The minimum Gasteiger partial charge on any atom is -0.508 e. The van der Waals surface area contributed by atoms with Crippen molar-refractivity contribution in [2.75, 3.05) is 5.32 Å². The Morgan fingerprint density at radius 2 is 1.94 bits per heavy atom. The van der Waals surface area contributed by atoms with Gasteiger partial charge in [0.05, 0.1) is 6.42 Å². The summed E-state index contributed by atoms with van der Waals surface area (Å²) in [5.41, 5.74) is 2.72. The molecule has 0 radical (unpaired) electrons. The highest BCUT2D eigenvalue weighted by Crippen LogP contribution is 2.16.